The maximum atomic E-state index is 11.5. The van der Waals surface area contributed by atoms with Crippen molar-refractivity contribution >= 4 is 23.2 Å². The minimum atomic E-state index is -0.505. The van der Waals surface area contributed by atoms with Gasteiger partial charge in [-0.1, -0.05) is 0 Å². The maximum absolute atomic E-state index is 11.5. The molecule has 0 atom stereocenters. The molecular formula is C16H14N4O4S. The second-order valence-electron chi connectivity index (χ2n) is 5.13. The lowest BCUT2D eigenvalue weighted by Crippen LogP contribution is -2.00. The van der Waals surface area contributed by atoms with Crippen LogP contribution in [0.1, 0.15) is 24.2 Å². The number of nitrogens with zero attached hydrogens (tertiary/aromatic N) is 4. The number of furan rings is 1. The van der Waals surface area contributed by atoms with Crippen molar-refractivity contribution in [2.45, 2.75) is 30.4 Å². The van der Waals surface area contributed by atoms with Crippen molar-refractivity contribution in [1.82, 2.24) is 14.8 Å². The van der Waals surface area contributed by atoms with Gasteiger partial charge in [0.2, 0.25) is 0 Å². The lowest BCUT2D eigenvalue weighted by atomic mass is 10.1. The van der Waals surface area contributed by atoms with Gasteiger partial charge in [-0.2, -0.15) is 0 Å². The van der Waals surface area contributed by atoms with Crippen molar-refractivity contribution in [2.75, 3.05) is 0 Å². The molecular weight excluding hydrogens is 344 g/mol. The number of carbonyl (C=O) groups is 1. The molecule has 3 aromatic rings. The zero-order valence-corrected chi connectivity index (χ0v) is 14.3. The van der Waals surface area contributed by atoms with Gasteiger partial charge in [-0.05, 0) is 49.9 Å². The molecule has 0 aliphatic rings. The Bertz CT molecular complexity index is 934. The number of hydrogen-bond acceptors (Lipinski definition) is 7. The van der Waals surface area contributed by atoms with Crippen molar-refractivity contribution < 1.29 is 14.1 Å². The Morgan fingerprint density at radius 2 is 2.16 bits per heavy atom. The number of aromatic nitrogens is 3. The summed E-state index contributed by atoms with van der Waals surface area (Å²) in [4.78, 5) is 22.7. The molecule has 0 unspecified atom stereocenters. The number of benzene rings is 1. The van der Waals surface area contributed by atoms with E-state index >= 15 is 0 Å². The molecule has 0 N–H and O–H groups in total. The predicted molar refractivity (Wildman–Crippen MR) is 90.6 cm³/mol. The highest BCUT2D eigenvalue weighted by atomic mass is 32.2. The van der Waals surface area contributed by atoms with Gasteiger partial charge in [0.15, 0.2) is 22.5 Å². The Hall–Kier alpha value is -2.94. The summed E-state index contributed by atoms with van der Waals surface area (Å²) in [7, 11) is 0. The minimum Gasteiger partial charge on any atom is -0.461 e. The molecule has 0 amide bonds. The molecule has 0 fully saturated rings. The maximum Gasteiger partial charge on any atom is 0.284 e. The molecule has 0 bridgehead atoms. The number of rotatable bonds is 6. The van der Waals surface area contributed by atoms with Crippen molar-refractivity contribution in [3.8, 4) is 11.6 Å². The molecule has 0 aliphatic carbocycles. The molecule has 8 nitrogen and oxygen atoms in total. The van der Waals surface area contributed by atoms with Gasteiger partial charge < -0.3 is 4.42 Å². The topological polar surface area (TPSA) is 104 Å². The van der Waals surface area contributed by atoms with E-state index in [0.717, 1.165) is 11.8 Å². The first kappa shape index (κ1) is 16.9. The van der Waals surface area contributed by atoms with E-state index in [1.54, 1.807) is 30.5 Å². The van der Waals surface area contributed by atoms with Crippen LogP contribution in [0.5, 0.6) is 0 Å². The third-order valence-electron chi connectivity index (χ3n) is 3.54. The summed E-state index contributed by atoms with van der Waals surface area (Å²) in [6.07, 6.45) is 1.54. The van der Waals surface area contributed by atoms with Crippen LogP contribution in [0.4, 0.5) is 5.69 Å². The van der Waals surface area contributed by atoms with Crippen LogP contribution in [-0.4, -0.2) is 25.5 Å². The number of Topliss-reactive ketones (excluding diaryl/α,β-unsaturated/α-hetero) is 1. The van der Waals surface area contributed by atoms with Crippen LogP contribution in [-0.2, 0) is 6.54 Å². The molecule has 9 heteroatoms. The predicted octanol–water partition coefficient (Wildman–Crippen LogP) is 3.82. The van der Waals surface area contributed by atoms with Gasteiger partial charge in [-0.15, -0.1) is 10.2 Å². The third-order valence-corrected chi connectivity index (χ3v) is 4.59. The van der Waals surface area contributed by atoms with Gasteiger partial charge in [0.25, 0.3) is 5.69 Å². The second kappa shape index (κ2) is 6.89. The third kappa shape index (κ3) is 3.31. The summed E-state index contributed by atoms with van der Waals surface area (Å²) in [5.41, 5.74) is 0.159. The summed E-state index contributed by atoms with van der Waals surface area (Å²) < 4.78 is 7.16. The molecule has 25 heavy (non-hydrogen) atoms. The fourth-order valence-corrected chi connectivity index (χ4v) is 3.28. The van der Waals surface area contributed by atoms with Crippen molar-refractivity contribution in [3.05, 3.63) is 52.3 Å². The number of ketones is 1. The van der Waals surface area contributed by atoms with Gasteiger partial charge in [0, 0.05) is 18.2 Å². The summed E-state index contributed by atoms with van der Waals surface area (Å²) >= 11 is 1.13. The monoisotopic (exact) mass is 358 g/mol. The van der Waals surface area contributed by atoms with E-state index in [1.807, 2.05) is 11.5 Å². The van der Waals surface area contributed by atoms with E-state index in [9.17, 15) is 14.9 Å². The zero-order valence-electron chi connectivity index (χ0n) is 13.5. The van der Waals surface area contributed by atoms with E-state index in [4.69, 9.17) is 4.42 Å². The summed E-state index contributed by atoms with van der Waals surface area (Å²) in [5.74, 6) is 0.900. The zero-order chi connectivity index (χ0) is 18.0. The van der Waals surface area contributed by atoms with E-state index in [2.05, 4.69) is 10.2 Å². The Labute approximate surface area is 147 Å². The highest BCUT2D eigenvalue weighted by Crippen LogP contribution is 2.36. The number of nitro benzene ring substituents is 1. The minimum absolute atomic E-state index is 0.136. The fourth-order valence-electron chi connectivity index (χ4n) is 2.30. The van der Waals surface area contributed by atoms with Gasteiger partial charge in [0.1, 0.15) is 0 Å². The standard InChI is InChI=1S/C16H14N4O4S/c1-3-19-15(13-5-4-8-24-13)17-18-16(19)25-14-7-6-11(10(2)21)9-12(14)20(22)23/h4-9H,3H2,1-2H3. The summed E-state index contributed by atoms with van der Waals surface area (Å²) in [5, 5.41) is 20.1. The highest BCUT2D eigenvalue weighted by Gasteiger charge is 2.21. The second-order valence-corrected chi connectivity index (χ2v) is 6.13. The average Bonchev–Trinajstić information content (AvgIpc) is 3.23. The molecule has 0 spiro atoms. The Kier molecular flexibility index (Phi) is 4.66. The van der Waals surface area contributed by atoms with Crippen LogP contribution in [0, 0.1) is 10.1 Å². The van der Waals surface area contributed by atoms with E-state index < -0.39 is 4.92 Å². The van der Waals surface area contributed by atoms with Gasteiger partial charge in [0.05, 0.1) is 16.1 Å². The first-order chi connectivity index (χ1) is 12.0. The Morgan fingerprint density at radius 1 is 1.36 bits per heavy atom. The van der Waals surface area contributed by atoms with Crippen molar-refractivity contribution in [3.63, 3.8) is 0 Å². The molecule has 0 saturated heterocycles. The molecule has 0 radical (unpaired) electrons. The molecule has 2 aromatic heterocycles. The van der Waals surface area contributed by atoms with Gasteiger partial charge in [-0.3, -0.25) is 19.5 Å². The molecule has 0 aliphatic heterocycles. The molecule has 0 saturated carbocycles. The van der Waals surface area contributed by atoms with Crippen molar-refractivity contribution in [1.29, 1.82) is 0 Å². The molecule has 128 valence electrons. The van der Waals surface area contributed by atoms with Crippen LogP contribution in [0.15, 0.2) is 51.1 Å². The van der Waals surface area contributed by atoms with Crippen LogP contribution in [0.3, 0.4) is 0 Å². The quantitative estimate of drug-likeness (QED) is 0.375. The first-order valence-corrected chi connectivity index (χ1v) is 8.27. The van der Waals surface area contributed by atoms with Crippen LogP contribution in [0.2, 0.25) is 0 Å². The average molecular weight is 358 g/mol. The fraction of sp³-hybridized carbons (Fsp3) is 0.188. The van der Waals surface area contributed by atoms with E-state index in [1.165, 1.54) is 13.0 Å². The molecule has 1 aromatic carbocycles. The molecule has 3 rings (SSSR count). The van der Waals surface area contributed by atoms with Crippen molar-refractivity contribution in [2.24, 2.45) is 0 Å². The Morgan fingerprint density at radius 3 is 2.76 bits per heavy atom. The number of nitro groups is 1. The van der Waals surface area contributed by atoms with Gasteiger partial charge in [-0.25, -0.2) is 0 Å². The lowest BCUT2D eigenvalue weighted by Gasteiger charge is -2.07. The highest BCUT2D eigenvalue weighted by molar-refractivity contribution is 7.99. The number of hydrogen-bond donors (Lipinski definition) is 0. The number of carbonyl (C=O) groups excluding carboxylic acids is 1. The SMILES string of the molecule is CCn1c(Sc2ccc(C(C)=O)cc2[N+](=O)[O-])nnc1-c1ccco1. The van der Waals surface area contributed by atoms with Crippen LogP contribution >= 0.6 is 11.8 Å². The largest absolute Gasteiger partial charge is 0.461 e. The molecule has 2 heterocycles. The smallest absolute Gasteiger partial charge is 0.284 e. The van der Waals surface area contributed by atoms with Gasteiger partial charge >= 0.3 is 0 Å². The summed E-state index contributed by atoms with van der Waals surface area (Å²) in [6, 6.07) is 7.93. The van der Waals surface area contributed by atoms with E-state index in [0.29, 0.717) is 33.7 Å². The normalized spacial score (nSPS) is 10.8. The van der Waals surface area contributed by atoms with Crippen LogP contribution in [0.25, 0.3) is 11.6 Å². The first-order valence-electron chi connectivity index (χ1n) is 7.45. The van der Waals surface area contributed by atoms with E-state index in [-0.39, 0.29) is 11.5 Å². The van der Waals surface area contributed by atoms with Crippen LogP contribution < -0.4 is 0 Å². The summed E-state index contributed by atoms with van der Waals surface area (Å²) in [6.45, 7) is 3.87. The lowest BCUT2D eigenvalue weighted by molar-refractivity contribution is -0.387. The Balaban J connectivity index is 2.00.